The van der Waals surface area contributed by atoms with Gasteiger partial charge in [0.25, 0.3) is 0 Å². The van der Waals surface area contributed by atoms with Gasteiger partial charge < -0.3 is 0 Å². The van der Waals surface area contributed by atoms with Crippen LogP contribution in [0, 0.1) is 0 Å². The molecule has 0 nitrogen and oxygen atoms in total. The first-order valence-electron chi connectivity index (χ1n) is 25.4. The highest BCUT2D eigenvalue weighted by molar-refractivity contribution is 7.64. The molecule has 0 saturated heterocycles. The van der Waals surface area contributed by atoms with Crippen LogP contribution in [-0.4, -0.2) is 25.2 Å². The van der Waals surface area contributed by atoms with Crippen molar-refractivity contribution in [2.24, 2.45) is 0 Å². The Kier molecular flexibility index (Phi) is 18.1. The normalized spacial score (nSPS) is 13.0. The van der Waals surface area contributed by atoms with Crippen LogP contribution in [0.5, 0.6) is 0 Å². The van der Waals surface area contributed by atoms with Crippen LogP contribution in [0.4, 0.5) is 0 Å². The zero-order valence-corrected chi connectivity index (χ0v) is 48.0. The first kappa shape index (κ1) is 53.1. The molecule has 0 saturated carbocycles. The summed E-state index contributed by atoms with van der Waals surface area (Å²) in [5.74, 6) is 5.18. The van der Waals surface area contributed by atoms with E-state index in [4.69, 9.17) is 0 Å². The van der Waals surface area contributed by atoms with Crippen LogP contribution in [-0.2, 0) is 0 Å². The molecule has 0 atom stereocenters. The quantitative estimate of drug-likeness (QED) is 0.0873. The Labute approximate surface area is 396 Å². The lowest BCUT2D eigenvalue weighted by Crippen LogP contribution is -2.76. The highest BCUT2D eigenvalue weighted by atomic mass is 29.6. The van der Waals surface area contributed by atoms with Gasteiger partial charge in [-0.15, -0.1) is 0 Å². The van der Waals surface area contributed by atoms with Gasteiger partial charge in [-0.05, 0) is 138 Å². The average Bonchev–Trinajstić information content (AvgIpc) is 3.18. The number of rotatable bonds is 18. The first-order chi connectivity index (χ1) is 29.2. The zero-order valence-electron chi connectivity index (χ0n) is 45.0. The molecule has 0 unspecified atom stereocenters. The van der Waals surface area contributed by atoms with Gasteiger partial charge in [0.2, 0.25) is 0 Å². The molecule has 0 spiro atoms. The van der Waals surface area contributed by atoms with Crippen LogP contribution in [0.1, 0.15) is 304 Å². The Morgan fingerprint density at radius 2 is 0.397 bits per heavy atom. The second kappa shape index (κ2) is 21.4. The minimum Gasteiger partial charge on any atom is -0.0599 e. The van der Waals surface area contributed by atoms with E-state index < -0.39 is 7.11 Å². The van der Waals surface area contributed by atoms with Gasteiger partial charge in [0, 0.05) is 0 Å². The van der Waals surface area contributed by atoms with Gasteiger partial charge >= 0.3 is 0 Å². The molecule has 4 rings (SSSR count). The number of benzene rings is 4. The van der Waals surface area contributed by atoms with Gasteiger partial charge in [-0.1, -0.05) is 235 Å². The van der Waals surface area contributed by atoms with Crippen LogP contribution >= 0.6 is 0 Å². The Bertz CT molecular complexity index is 1900. The minimum absolute atomic E-state index is 0.396. The lowest BCUT2D eigenvalue weighted by molar-refractivity contribution is 0.809. The topological polar surface area (TPSA) is 0 Å². The summed E-state index contributed by atoms with van der Waals surface area (Å²) in [7, 11) is -1.55. The molecule has 0 heterocycles. The van der Waals surface area contributed by atoms with Crippen molar-refractivity contribution >= 4 is 45.9 Å². The molecule has 0 fully saturated rings. The van der Waals surface area contributed by atoms with E-state index in [9.17, 15) is 0 Å². The molecule has 0 aliphatic heterocycles. The molecular formula is C60H92Si3. The lowest BCUT2D eigenvalue weighted by Gasteiger charge is -2.44. The van der Waals surface area contributed by atoms with E-state index in [-0.39, 0.29) is 0 Å². The Morgan fingerprint density at radius 1 is 0.238 bits per heavy atom. The van der Waals surface area contributed by atoms with Crippen LogP contribution in [0.15, 0.2) is 48.5 Å². The molecule has 4 radical (unpaired) electrons. The fraction of sp³-hybridized carbons (Fsp3) is 0.600. The fourth-order valence-corrected chi connectivity index (χ4v) is 28.5. The van der Waals surface area contributed by atoms with Crippen molar-refractivity contribution in [1.29, 1.82) is 0 Å². The van der Waals surface area contributed by atoms with Crippen LogP contribution in [0.25, 0.3) is 0 Å². The van der Waals surface area contributed by atoms with Crippen molar-refractivity contribution in [1.82, 2.24) is 0 Å². The predicted molar refractivity (Wildman–Crippen MR) is 291 cm³/mol. The first-order valence-corrected chi connectivity index (χ1v) is 31.4. The molecule has 0 aliphatic carbocycles. The van der Waals surface area contributed by atoms with E-state index in [0.717, 1.165) is 0 Å². The van der Waals surface area contributed by atoms with Gasteiger partial charge in [-0.3, -0.25) is 0 Å². The maximum atomic E-state index is 2.71. The summed E-state index contributed by atoms with van der Waals surface area (Å²) in [6, 6.07) is 21.5. The molecule has 63 heavy (non-hydrogen) atoms. The van der Waals surface area contributed by atoms with Crippen molar-refractivity contribution in [3.05, 3.63) is 115 Å². The second-order valence-electron chi connectivity index (χ2n) is 23.2. The van der Waals surface area contributed by atoms with Crippen LogP contribution in [0.3, 0.4) is 0 Å². The fourth-order valence-electron chi connectivity index (χ4n) is 9.76. The minimum atomic E-state index is -2.92. The summed E-state index contributed by atoms with van der Waals surface area (Å²) in [4.78, 5) is 0. The highest BCUT2D eigenvalue weighted by Crippen LogP contribution is 2.36. The predicted octanol–water partition coefficient (Wildman–Crippen LogP) is 15.8. The molecule has 3 heteroatoms. The van der Waals surface area contributed by atoms with Gasteiger partial charge in [0.15, 0.2) is 0 Å². The highest BCUT2D eigenvalue weighted by Gasteiger charge is 2.48. The Morgan fingerprint density at radius 3 is 0.540 bits per heavy atom. The summed E-state index contributed by atoms with van der Waals surface area (Å²) in [6.45, 7) is 59.2. The molecule has 0 aromatic heterocycles. The summed E-state index contributed by atoms with van der Waals surface area (Å²) in [5, 5.41) is 6.94. The van der Waals surface area contributed by atoms with E-state index in [1.807, 2.05) is 0 Å². The van der Waals surface area contributed by atoms with Crippen molar-refractivity contribution in [2.45, 2.75) is 237 Å². The van der Waals surface area contributed by atoms with E-state index >= 15 is 0 Å². The van der Waals surface area contributed by atoms with E-state index in [1.54, 1.807) is 65.3 Å². The zero-order chi connectivity index (χ0) is 47.7. The smallest absolute Gasteiger partial charge is 0.0599 e. The number of hydrogen-bond donors (Lipinski definition) is 0. The molecule has 0 N–H and O–H groups in total. The average molecular weight is 898 g/mol. The lowest BCUT2D eigenvalue weighted by atomic mass is 9.89. The Hall–Kier alpha value is -2.47. The van der Waals surface area contributed by atoms with Crippen molar-refractivity contribution < 1.29 is 0 Å². The molecule has 0 aliphatic rings. The van der Waals surface area contributed by atoms with Crippen molar-refractivity contribution in [2.75, 3.05) is 0 Å². The van der Waals surface area contributed by atoms with Crippen LogP contribution < -0.4 is 20.7 Å². The van der Waals surface area contributed by atoms with E-state index in [0.29, 0.717) is 89.1 Å². The molecule has 0 amide bonds. The molecule has 344 valence electrons. The molecule has 4 aromatic rings. The van der Waals surface area contributed by atoms with E-state index in [1.165, 1.54) is 22.3 Å². The third kappa shape index (κ3) is 11.4. The van der Waals surface area contributed by atoms with Crippen molar-refractivity contribution in [3.63, 3.8) is 0 Å². The summed E-state index contributed by atoms with van der Waals surface area (Å²) in [5.41, 5.74) is 18.9. The largest absolute Gasteiger partial charge is 0.107 e. The summed E-state index contributed by atoms with van der Waals surface area (Å²) >= 11 is 0. The molecule has 0 bridgehead atoms. The maximum Gasteiger partial charge on any atom is 0.107 e. The van der Waals surface area contributed by atoms with Gasteiger partial charge in [-0.25, -0.2) is 0 Å². The maximum absolute atomic E-state index is 2.92. The third-order valence-electron chi connectivity index (χ3n) is 13.9. The van der Waals surface area contributed by atoms with E-state index in [2.05, 4.69) is 215 Å². The van der Waals surface area contributed by atoms with Gasteiger partial charge in [0.1, 0.15) is 7.11 Å². The standard InChI is InChI=1S/C60H92Si3/c1-33(2)45-25-49(37(9)10)57(50(26-45)38(11)12)61-63(59-53(41(17)18)29-47(35(5)6)30-54(59)42(19)20,60-55(43(21)22)31-48(36(7)8)32-56(60)44(23)24)62-58-51(39(13)14)27-46(34(3)4)28-52(58)40(15)16/h25-44H,1-24H3. The van der Waals surface area contributed by atoms with Crippen molar-refractivity contribution in [3.8, 4) is 0 Å². The molecule has 4 aromatic carbocycles. The SMILES string of the molecule is CC(C)c1cc(C(C)C)c([Si][Si]([Si]c2c(C(C)C)cc(C(C)C)cc2C(C)C)(c2c(C(C)C)cc(C(C)C)cc2C(C)C)c2c(C(C)C)cc(C(C)C)cc2C(C)C)c(C(C)C)c1. The van der Waals surface area contributed by atoms with Crippen LogP contribution in [0.2, 0.25) is 0 Å². The van der Waals surface area contributed by atoms with Gasteiger partial charge in [0.05, 0.1) is 18.1 Å². The monoisotopic (exact) mass is 897 g/mol. The summed E-state index contributed by atoms with van der Waals surface area (Å²) < 4.78 is 0. The van der Waals surface area contributed by atoms with Gasteiger partial charge in [-0.2, -0.15) is 0 Å². The summed E-state index contributed by atoms with van der Waals surface area (Å²) in [6.07, 6.45) is 0. The second-order valence-corrected chi connectivity index (χ2v) is 34.7. The molecular weight excluding hydrogens is 805 g/mol. The Balaban J connectivity index is 2.62. The third-order valence-corrected chi connectivity index (χ3v) is 28.0. The number of hydrogen-bond acceptors (Lipinski definition) is 0.